The van der Waals surface area contributed by atoms with E-state index in [1.165, 1.54) is 29.7 Å². The van der Waals surface area contributed by atoms with E-state index in [1.54, 1.807) is 0 Å². The molecular weight excluding hydrogens is 186 g/mol. The molecule has 1 aliphatic heterocycles. The topological polar surface area (TPSA) is 42.2 Å². The van der Waals surface area contributed by atoms with E-state index in [1.807, 2.05) is 0 Å². The molecule has 0 spiro atoms. The van der Waals surface area contributed by atoms with Gasteiger partial charge in [0.2, 0.25) is 0 Å². The average Bonchev–Trinajstić information content (AvgIpc) is 2.68. The fourth-order valence-corrected chi connectivity index (χ4v) is 2.80. The molecule has 2 N–H and O–H groups in total. The third-order valence-corrected chi connectivity index (χ3v) is 3.63. The highest BCUT2D eigenvalue weighted by molar-refractivity contribution is 5.67. The highest BCUT2D eigenvalue weighted by atomic mass is 15.2. The summed E-state index contributed by atoms with van der Waals surface area (Å²) in [5, 5.41) is 0. The molecule has 1 aliphatic carbocycles. The van der Waals surface area contributed by atoms with Gasteiger partial charge in [-0.3, -0.25) is 0 Å². The van der Waals surface area contributed by atoms with Crippen LogP contribution in [0.15, 0.2) is 0 Å². The summed E-state index contributed by atoms with van der Waals surface area (Å²) in [6.45, 7) is 1.11. The van der Waals surface area contributed by atoms with Crippen molar-refractivity contribution >= 4 is 11.5 Å². The van der Waals surface area contributed by atoms with Gasteiger partial charge in [-0.1, -0.05) is 0 Å². The van der Waals surface area contributed by atoms with Crippen molar-refractivity contribution in [3.05, 3.63) is 16.8 Å². The second kappa shape index (κ2) is 3.12. The molecule has 3 heteroatoms. The number of pyridine rings is 1. The smallest absolute Gasteiger partial charge is 0.133 e. The number of hydrogen-bond acceptors (Lipinski definition) is 3. The van der Waals surface area contributed by atoms with Crippen molar-refractivity contribution in [1.29, 1.82) is 0 Å². The Bertz CT molecular complexity index is 412. The van der Waals surface area contributed by atoms with E-state index in [9.17, 15) is 0 Å². The van der Waals surface area contributed by atoms with Crippen molar-refractivity contribution in [2.75, 3.05) is 24.2 Å². The first-order valence-corrected chi connectivity index (χ1v) is 5.78. The van der Waals surface area contributed by atoms with Gasteiger partial charge in [0.15, 0.2) is 0 Å². The Labute approximate surface area is 90.3 Å². The molecule has 3 rings (SSSR count). The lowest BCUT2D eigenvalue weighted by molar-refractivity contribution is 0.728. The maximum Gasteiger partial charge on any atom is 0.133 e. The Morgan fingerprint density at radius 1 is 1.13 bits per heavy atom. The lowest BCUT2D eigenvalue weighted by atomic mass is 10.00. The third-order valence-electron chi connectivity index (χ3n) is 3.63. The lowest BCUT2D eigenvalue weighted by Crippen LogP contribution is -2.27. The van der Waals surface area contributed by atoms with Crippen LogP contribution >= 0.6 is 0 Å². The number of hydrogen-bond donors (Lipinski definition) is 1. The molecule has 2 heterocycles. The fraction of sp³-hybridized carbons (Fsp3) is 0.583. The predicted octanol–water partition coefficient (Wildman–Crippen LogP) is 1.53. The zero-order valence-electron chi connectivity index (χ0n) is 9.21. The van der Waals surface area contributed by atoms with E-state index in [0.29, 0.717) is 0 Å². The average molecular weight is 203 g/mol. The van der Waals surface area contributed by atoms with Crippen LogP contribution in [0.25, 0.3) is 0 Å². The second-order valence-electron chi connectivity index (χ2n) is 4.63. The SMILES string of the molecule is CN1CCCc2c1nc1c(c2N)CCC1. The van der Waals surface area contributed by atoms with E-state index in [0.717, 1.165) is 37.3 Å². The van der Waals surface area contributed by atoms with Crippen LogP contribution in [0.1, 0.15) is 29.7 Å². The van der Waals surface area contributed by atoms with Crippen LogP contribution in [0, 0.1) is 0 Å². The molecule has 0 amide bonds. The van der Waals surface area contributed by atoms with Crippen molar-refractivity contribution in [2.45, 2.75) is 32.1 Å². The summed E-state index contributed by atoms with van der Waals surface area (Å²) in [4.78, 5) is 7.03. The van der Waals surface area contributed by atoms with Gasteiger partial charge in [0.25, 0.3) is 0 Å². The summed E-state index contributed by atoms with van der Waals surface area (Å²) in [7, 11) is 2.12. The van der Waals surface area contributed by atoms with Crippen LogP contribution in [-0.2, 0) is 19.3 Å². The summed E-state index contributed by atoms with van der Waals surface area (Å²) in [5.74, 6) is 1.14. The van der Waals surface area contributed by atoms with E-state index in [-0.39, 0.29) is 0 Å². The monoisotopic (exact) mass is 203 g/mol. The number of anilines is 2. The van der Waals surface area contributed by atoms with Gasteiger partial charge < -0.3 is 10.6 Å². The van der Waals surface area contributed by atoms with Crippen molar-refractivity contribution in [1.82, 2.24) is 4.98 Å². The molecule has 0 unspecified atom stereocenters. The molecule has 15 heavy (non-hydrogen) atoms. The molecule has 0 saturated carbocycles. The standard InChI is InChI=1S/C12H17N3/c1-15-7-3-5-9-11(13)8-4-2-6-10(8)14-12(9)15/h2-7H2,1H3,(H2,13,14). The normalized spacial score (nSPS) is 18.9. The number of nitrogen functional groups attached to an aromatic ring is 1. The molecule has 0 atom stereocenters. The number of aromatic nitrogens is 1. The van der Waals surface area contributed by atoms with Crippen LogP contribution < -0.4 is 10.6 Å². The molecule has 0 bridgehead atoms. The first-order valence-electron chi connectivity index (χ1n) is 5.78. The maximum atomic E-state index is 6.25. The van der Waals surface area contributed by atoms with Crippen molar-refractivity contribution in [2.24, 2.45) is 0 Å². The van der Waals surface area contributed by atoms with Gasteiger partial charge in [-0.15, -0.1) is 0 Å². The van der Waals surface area contributed by atoms with Gasteiger partial charge in [-0.2, -0.15) is 0 Å². The maximum absolute atomic E-state index is 6.25. The largest absolute Gasteiger partial charge is 0.398 e. The predicted molar refractivity (Wildman–Crippen MR) is 62.3 cm³/mol. The summed E-state index contributed by atoms with van der Waals surface area (Å²) in [6, 6.07) is 0. The molecule has 80 valence electrons. The molecule has 0 fully saturated rings. The van der Waals surface area contributed by atoms with Crippen LogP contribution in [0.2, 0.25) is 0 Å². The van der Waals surface area contributed by atoms with Crippen molar-refractivity contribution < 1.29 is 0 Å². The minimum Gasteiger partial charge on any atom is -0.398 e. The minimum absolute atomic E-state index is 1.04. The molecule has 2 aliphatic rings. The van der Waals surface area contributed by atoms with Crippen molar-refractivity contribution in [3.8, 4) is 0 Å². The first-order chi connectivity index (χ1) is 7.27. The van der Waals surface area contributed by atoms with Crippen LogP contribution in [0.4, 0.5) is 11.5 Å². The van der Waals surface area contributed by atoms with E-state index >= 15 is 0 Å². The number of nitrogens with zero attached hydrogens (tertiary/aromatic N) is 2. The minimum atomic E-state index is 1.04. The van der Waals surface area contributed by atoms with Gasteiger partial charge in [0, 0.05) is 30.5 Å². The van der Waals surface area contributed by atoms with Gasteiger partial charge in [0.05, 0.1) is 0 Å². The second-order valence-corrected chi connectivity index (χ2v) is 4.63. The molecule has 0 radical (unpaired) electrons. The lowest BCUT2D eigenvalue weighted by Gasteiger charge is -2.28. The Morgan fingerprint density at radius 2 is 1.93 bits per heavy atom. The Balaban J connectivity index is 2.21. The Kier molecular flexibility index (Phi) is 1.87. The number of fused-ring (bicyclic) bond motifs is 2. The van der Waals surface area contributed by atoms with Gasteiger partial charge in [-0.25, -0.2) is 4.98 Å². The van der Waals surface area contributed by atoms with Crippen LogP contribution in [0.5, 0.6) is 0 Å². The van der Waals surface area contributed by atoms with Gasteiger partial charge in [-0.05, 0) is 37.7 Å². The highest BCUT2D eigenvalue weighted by Gasteiger charge is 2.24. The zero-order valence-corrected chi connectivity index (χ0v) is 9.21. The third kappa shape index (κ3) is 1.22. The zero-order chi connectivity index (χ0) is 10.4. The van der Waals surface area contributed by atoms with Gasteiger partial charge in [0.1, 0.15) is 5.82 Å². The van der Waals surface area contributed by atoms with Crippen LogP contribution in [-0.4, -0.2) is 18.6 Å². The summed E-state index contributed by atoms with van der Waals surface area (Å²) >= 11 is 0. The van der Waals surface area contributed by atoms with E-state index < -0.39 is 0 Å². The summed E-state index contributed by atoms with van der Waals surface area (Å²) < 4.78 is 0. The summed E-state index contributed by atoms with van der Waals surface area (Å²) in [6.07, 6.45) is 5.77. The van der Waals surface area contributed by atoms with Gasteiger partial charge >= 0.3 is 0 Å². The number of rotatable bonds is 0. The van der Waals surface area contributed by atoms with E-state index in [2.05, 4.69) is 11.9 Å². The van der Waals surface area contributed by atoms with E-state index in [4.69, 9.17) is 10.7 Å². The van der Waals surface area contributed by atoms with Crippen LogP contribution in [0.3, 0.4) is 0 Å². The number of nitrogens with two attached hydrogens (primary N) is 1. The van der Waals surface area contributed by atoms with Crippen molar-refractivity contribution in [3.63, 3.8) is 0 Å². The Morgan fingerprint density at radius 3 is 2.80 bits per heavy atom. The highest BCUT2D eigenvalue weighted by Crippen LogP contribution is 2.36. The molecule has 0 saturated heterocycles. The molecule has 3 nitrogen and oxygen atoms in total. The summed E-state index contributed by atoms with van der Waals surface area (Å²) in [5.41, 5.74) is 11.2. The molecular formula is C12H17N3. The first kappa shape index (κ1) is 9.01. The molecule has 0 aromatic carbocycles. The fourth-order valence-electron chi connectivity index (χ4n) is 2.80. The Hall–Kier alpha value is -1.25. The quantitative estimate of drug-likeness (QED) is 0.695. The number of aryl methyl sites for hydroxylation is 1. The molecule has 1 aromatic rings. The molecule has 1 aromatic heterocycles.